The van der Waals surface area contributed by atoms with Crippen molar-refractivity contribution in [3.63, 3.8) is 0 Å². The Morgan fingerprint density at radius 1 is 1.64 bits per heavy atom. The summed E-state index contributed by atoms with van der Waals surface area (Å²) in [4.78, 5) is 3.93. The molecule has 0 aliphatic rings. The summed E-state index contributed by atoms with van der Waals surface area (Å²) in [6, 6.07) is 3.77. The van der Waals surface area contributed by atoms with E-state index >= 15 is 0 Å². The van der Waals surface area contributed by atoms with Gasteiger partial charge in [-0.05, 0) is 13.0 Å². The first-order valence-corrected chi connectivity index (χ1v) is 3.61. The lowest BCUT2D eigenvalue weighted by atomic mass is 10.3. The van der Waals surface area contributed by atoms with Crippen molar-refractivity contribution in [3.8, 4) is 0 Å². The second kappa shape index (κ2) is 3.93. The van der Waals surface area contributed by atoms with Crippen molar-refractivity contribution in [2.45, 2.75) is 13.5 Å². The van der Waals surface area contributed by atoms with Crippen LogP contribution in [0.25, 0.3) is 0 Å². The third kappa shape index (κ3) is 2.20. The summed E-state index contributed by atoms with van der Waals surface area (Å²) in [6.45, 7) is 3.21. The molecular weight excluding hydrogens is 140 g/mol. The van der Waals surface area contributed by atoms with E-state index < -0.39 is 0 Å². The van der Waals surface area contributed by atoms with Crippen LogP contribution in [-0.2, 0) is 11.3 Å². The molecule has 0 radical (unpaired) electrons. The minimum atomic E-state index is 0.552. The fourth-order valence-corrected chi connectivity index (χ4v) is 0.785. The van der Waals surface area contributed by atoms with E-state index in [-0.39, 0.29) is 0 Å². The Hall–Kier alpha value is -1.09. The first kappa shape index (κ1) is 8.01. The van der Waals surface area contributed by atoms with Crippen LogP contribution < -0.4 is 5.73 Å². The van der Waals surface area contributed by atoms with Crippen molar-refractivity contribution in [2.75, 3.05) is 12.3 Å². The van der Waals surface area contributed by atoms with E-state index in [1.54, 1.807) is 6.20 Å². The SMILES string of the molecule is CCOCc1cccnc1N. The maximum absolute atomic E-state index is 5.57. The smallest absolute Gasteiger partial charge is 0.128 e. The largest absolute Gasteiger partial charge is 0.383 e. The summed E-state index contributed by atoms with van der Waals surface area (Å²) in [5.74, 6) is 0.556. The van der Waals surface area contributed by atoms with E-state index in [0.717, 1.165) is 5.56 Å². The third-order valence-corrected chi connectivity index (χ3v) is 1.39. The van der Waals surface area contributed by atoms with Gasteiger partial charge in [-0.3, -0.25) is 0 Å². The average molecular weight is 152 g/mol. The first-order chi connectivity index (χ1) is 5.34. The van der Waals surface area contributed by atoms with E-state index in [2.05, 4.69) is 4.98 Å². The van der Waals surface area contributed by atoms with Gasteiger partial charge in [-0.15, -0.1) is 0 Å². The number of hydrogen-bond donors (Lipinski definition) is 1. The summed E-state index contributed by atoms with van der Waals surface area (Å²) in [5, 5.41) is 0. The molecule has 1 aromatic heterocycles. The quantitative estimate of drug-likeness (QED) is 0.708. The Labute approximate surface area is 66.2 Å². The summed E-state index contributed by atoms with van der Waals surface area (Å²) in [6.07, 6.45) is 1.67. The molecule has 0 bridgehead atoms. The number of rotatable bonds is 3. The molecular formula is C8H12N2O. The molecule has 11 heavy (non-hydrogen) atoms. The van der Waals surface area contributed by atoms with Crippen molar-refractivity contribution in [1.82, 2.24) is 4.98 Å². The second-order valence-electron chi connectivity index (χ2n) is 2.18. The summed E-state index contributed by atoms with van der Waals surface area (Å²) in [7, 11) is 0. The van der Waals surface area contributed by atoms with E-state index in [9.17, 15) is 0 Å². The van der Waals surface area contributed by atoms with Crippen LogP contribution in [0.3, 0.4) is 0 Å². The highest BCUT2D eigenvalue weighted by atomic mass is 16.5. The van der Waals surface area contributed by atoms with E-state index in [1.165, 1.54) is 0 Å². The van der Waals surface area contributed by atoms with Gasteiger partial charge in [0.1, 0.15) is 5.82 Å². The molecule has 1 heterocycles. The van der Waals surface area contributed by atoms with Crippen LogP contribution in [-0.4, -0.2) is 11.6 Å². The standard InChI is InChI=1S/C8H12N2O/c1-2-11-6-7-4-3-5-10-8(7)9/h3-5H,2,6H2,1H3,(H2,9,10). The van der Waals surface area contributed by atoms with Crippen LogP contribution in [0.2, 0.25) is 0 Å². The lowest BCUT2D eigenvalue weighted by Crippen LogP contribution is -1.99. The number of nitrogen functional groups attached to an aromatic ring is 1. The second-order valence-corrected chi connectivity index (χ2v) is 2.18. The van der Waals surface area contributed by atoms with E-state index in [1.807, 2.05) is 19.1 Å². The highest BCUT2D eigenvalue weighted by Crippen LogP contribution is 2.07. The van der Waals surface area contributed by atoms with Crippen molar-refractivity contribution < 1.29 is 4.74 Å². The van der Waals surface area contributed by atoms with Crippen LogP contribution in [0.1, 0.15) is 12.5 Å². The van der Waals surface area contributed by atoms with Gasteiger partial charge in [-0.2, -0.15) is 0 Å². The van der Waals surface area contributed by atoms with Crippen LogP contribution >= 0.6 is 0 Å². The minimum absolute atomic E-state index is 0.552. The number of hydrogen-bond acceptors (Lipinski definition) is 3. The monoisotopic (exact) mass is 152 g/mol. The molecule has 2 N–H and O–H groups in total. The molecule has 60 valence electrons. The molecule has 0 atom stereocenters. The van der Waals surface area contributed by atoms with Crippen LogP contribution in [0, 0.1) is 0 Å². The zero-order valence-corrected chi connectivity index (χ0v) is 6.58. The van der Waals surface area contributed by atoms with Crippen LogP contribution in [0.4, 0.5) is 5.82 Å². The van der Waals surface area contributed by atoms with Gasteiger partial charge >= 0.3 is 0 Å². The van der Waals surface area contributed by atoms with Crippen molar-refractivity contribution >= 4 is 5.82 Å². The maximum atomic E-state index is 5.57. The number of nitrogens with zero attached hydrogens (tertiary/aromatic N) is 1. The Morgan fingerprint density at radius 3 is 3.09 bits per heavy atom. The molecule has 0 unspecified atom stereocenters. The molecule has 0 aliphatic carbocycles. The lowest BCUT2D eigenvalue weighted by molar-refractivity contribution is 0.134. The number of pyridine rings is 1. The summed E-state index contributed by atoms with van der Waals surface area (Å²) < 4.78 is 5.18. The number of nitrogens with two attached hydrogens (primary N) is 1. The van der Waals surface area contributed by atoms with Gasteiger partial charge < -0.3 is 10.5 Å². The number of anilines is 1. The predicted octanol–water partition coefficient (Wildman–Crippen LogP) is 1.20. The topological polar surface area (TPSA) is 48.1 Å². The predicted molar refractivity (Wildman–Crippen MR) is 44.0 cm³/mol. The molecule has 0 saturated heterocycles. The molecule has 1 rings (SSSR count). The Kier molecular flexibility index (Phi) is 2.86. The molecule has 3 heteroatoms. The minimum Gasteiger partial charge on any atom is -0.383 e. The van der Waals surface area contributed by atoms with Gasteiger partial charge in [0.15, 0.2) is 0 Å². The average Bonchev–Trinajstić information content (AvgIpc) is 2.03. The van der Waals surface area contributed by atoms with Gasteiger partial charge in [0.25, 0.3) is 0 Å². The molecule has 0 aliphatic heterocycles. The van der Waals surface area contributed by atoms with Gasteiger partial charge in [-0.25, -0.2) is 4.98 Å². The Balaban J connectivity index is 2.62. The highest BCUT2D eigenvalue weighted by molar-refractivity contribution is 5.37. The Morgan fingerprint density at radius 2 is 2.45 bits per heavy atom. The number of ether oxygens (including phenoxy) is 1. The molecule has 1 aromatic rings. The fourth-order valence-electron chi connectivity index (χ4n) is 0.785. The van der Waals surface area contributed by atoms with Crippen LogP contribution in [0.15, 0.2) is 18.3 Å². The molecule has 0 spiro atoms. The van der Waals surface area contributed by atoms with E-state index in [0.29, 0.717) is 19.0 Å². The lowest BCUT2D eigenvalue weighted by Gasteiger charge is -2.02. The molecule has 0 saturated carbocycles. The zero-order chi connectivity index (χ0) is 8.10. The molecule has 0 amide bonds. The van der Waals surface area contributed by atoms with E-state index in [4.69, 9.17) is 10.5 Å². The summed E-state index contributed by atoms with van der Waals surface area (Å²) >= 11 is 0. The van der Waals surface area contributed by atoms with Gasteiger partial charge in [0.2, 0.25) is 0 Å². The normalized spacial score (nSPS) is 9.91. The molecule has 0 fully saturated rings. The maximum Gasteiger partial charge on any atom is 0.128 e. The van der Waals surface area contributed by atoms with Crippen LogP contribution in [0.5, 0.6) is 0 Å². The summed E-state index contributed by atoms with van der Waals surface area (Å²) in [5.41, 5.74) is 6.52. The molecule has 0 aromatic carbocycles. The zero-order valence-electron chi connectivity index (χ0n) is 6.58. The van der Waals surface area contributed by atoms with Gasteiger partial charge in [0.05, 0.1) is 6.61 Å². The highest BCUT2D eigenvalue weighted by Gasteiger charge is 1.96. The third-order valence-electron chi connectivity index (χ3n) is 1.39. The first-order valence-electron chi connectivity index (χ1n) is 3.61. The Bertz CT molecular complexity index is 225. The van der Waals surface area contributed by atoms with Crippen molar-refractivity contribution in [2.24, 2.45) is 0 Å². The van der Waals surface area contributed by atoms with Gasteiger partial charge in [0, 0.05) is 18.4 Å². The van der Waals surface area contributed by atoms with Crippen molar-refractivity contribution in [1.29, 1.82) is 0 Å². The molecule has 3 nitrogen and oxygen atoms in total. The number of aromatic nitrogens is 1. The van der Waals surface area contributed by atoms with Gasteiger partial charge in [-0.1, -0.05) is 6.07 Å². The fraction of sp³-hybridized carbons (Fsp3) is 0.375. The van der Waals surface area contributed by atoms with Crippen molar-refractivity contribution in [3.05, 3.63) is 23.9 Å².